The number of hydrogen-bond donors (Lipinski definition) is 3. The van der Waals surface area contributed by atoms with Crippen molar-refractivity contribution in [3.63, 3.8) is 0 Å². The predicted octanol–water partition coefficient (Wildman–Crippen LogP) is 6.05. The van der Waals surface area contributed by atoms with Crippen LogP contribution in [0.15, 0.2) is 66.4 Å². The van der Waals surface area contributed by atoms with Crippen LogP contribution >= 0.6 is 11.6 Å². The standard InChI is InChI=1S/C39H45ClN4O8/c1-21-9-7-11-30(49-6)39(48)19-29(50-33(46)20-39)23(3)36-38(4,52-36)31(18-32(45)44(5)28-17-24(15-21)16-22(2)34(28)40)51-37(47)43-27-13-12-26(41)25-10-8-14-42-35(25)27/h7-14,16-17,23,29-31,36,48H,15,18-20,41H2,1-6H3,(H,43,47)/b11-7+,21-9+/t23-,29+,30-,31+,36+,38+,39-/m1/s1. The summed E-state index contributed by atoms with van der Waals surface area (Å²) in [7, 11) is 3.12. The number of esters is 1. The normalized spacial score (nSPS) is 31.2. The Labute approximate surface area is 307 Å². The SMILES string of the molecule is CO[C@@H]1/C=C/C=C(\C)Cc2cc(C)c(Cl)c(c2)N(C)C(=O)C[C@H](OC(=O)Nc2ccc(N)c3cccnc23)[C@]2(C)O[C@H]2[C@H](C)[C@@H]2C[C@@]1(O)CC(=O)O2. The molecule has 12 nitrogen and oxygen atoms in total. The van der Waals surface area contributed by atoms with E-state index < -0.39 is 53.6 Å². The molecule has 0 spiro atoms. The maximum absolute atomic E-state index is 14.1. The second-order valence-corrected chi connectivity index (χ2v) is 14.7. The molecular formula is C39H45ClN4O8. The van der Waals surface area contributed by atoms with E-state index in [9.17, 15) is 19.5 Å². The Morgan fingerprint density at radius 3 is 2.73 bits per heavy atom. The van der Waals surface area contributed by atoms with E-state index in [-0.39, 0.29) is 25.2 Å². The lowest BCUT2D eigenvalue weighted by Crippen LogP contribution is -2.53. The molecule has 3 aliphatic heterocycles. The number of ether oxygens (including phenoxy) is 4. The summed E-state index contributed by atoms with van der Waals surface area (Å²) in [5.41, 5.74) is 8.01. The van der Waals surface area contributed by atoms with E-state index in [1.807, 2.05) is 45.1 Å². The molecule has 0 aliphatic carbocycles. The zero-order valence-electron chi connectivity index (χ0n) is 30.1. The van der Waals surface area contributed by atoms with Crippen LogP contribution in [0, 0.1) is 12.8 Å². The number of nitrogens with zero attached hydrogens (tertiary/aromatic N) is 2. The minimum atomic E-state index is -1.55. The third-order valence-corrected chi connectivity index (χ3v) is 11.0. The van der Waals surface area contributed by atoms with Crippen LogP contribution in [0.3, 0.4) is 0 Å². The zero-order valence-corrected chi connectivity index (χ0v) is 30.9. The van der Waals surface area contributed by atoms with E-state index >= 15 is 0 Å². The molecule has 13 heteroatoms. The third-order valence-electron chi connectivity index (χ3n) is 10.5. The molecule has 0 unspecified atom stereocenters. The summed E-state index contributed by atoms with van der Waals surface area (Å²) < 4.78 is 23.8. The number of epoxide rings is 1. The smallest absolute Gasteiger partial charge is 0.412 e. The van der Waals surface area contributed by atoms with E-state index in [1.54, 1.807) is 50.5 Å². The lowest BCUT2D eigenvalue weighted by Gasteiger charge is -2.41. The van der Waals surface area contributed by atoms with E-state index in [4.69, 9.17) is 36.3 Å². The van der Waals surface area contributed by atoms with Gasteiger partial charge in [0.25, 0.3) is 0 Å². The fraction of sp³-hybridized carbons (Fsp3) is 0.436. The summed E-state index contributed by atoms with van der Waals surface area (Å²) in [5.74, 6) is -1.40. The van der Waals surface area contributed by atoms with Gasteiger partial charge < -0.3 is 34.7 Å². The Bertz CT molecular complexity index is 1970. The first-order valence-corrected chi connectivity index (χ1v) is 17.6. The van der Waals surface area contributed by atoms with Crippen molar-refractivity contribution in [2.75, 3.05) is 30.1 Å². The molecule has 276 valence electrons. The second kappa shape index (κ2) is 14.5. The van der Waals surface area contributed by atoms with Gasteiger partial charge >= 0.3 is 12.1 Å². The number of aliphatic hydroxyl groups is 1. The molecule has 1 aromatic heterocycles. The Morgan fingerprint density at radius 1 is 1.21 bits per heavy atom. The molecular weight excluding hydrogens is 688 g/mol. The molecule has 3 aliphatic rings. The third kappa shape index (κ3) is 7.38. The van der Waals surface area contributed by atoms with E-state index in [2.05, 4.69) is 10.3 Å². The van der Waals surface area contributed by atoms with Crippen molar-refractivity contribution in [1.29, 1.82) is 0 Å². The van der Waals surface area contributed by atoms with Gasteiger partial charge in [0, 0.05) is 43.8 Å². The Morgan fingerprint density at radius 2 is 1.98 bits per heavy atom. The maximum Gasteiger partial charge on any atom is 0.412 e. The molecule has 6 rings (SSSR count). The molecule has 2 aromatic carbocycles. The quantitative estimate of drug-likeness (QED) is 0.164. The van der Waals surface area contributed by atoms with Gasteiger partial charge in [-0.05, 0) is 68.7 Å². The Balaban J connectivity index is 1.37. The number of hydrogen-bond acceptors (Lipinski definition) is 10. The highest BCUT2D eigenvalue weighted by Gasteiger charge is 2.64. The van der Waals surface area contributed by atoms with Crippen LogP contribution in [-0.4, -0.2) is 77.8 Å². The minimum Gasteiger partial charge on any atom is -0.462 e. The molecule has 7 atom stereocenters. The summed E-state index contributed by atoms with van der Waals surface area (Å²) in [6.45, 7) is 7.45. The van der Waals surface area contributed by atoms with Crippen LogP contribution in [0.1, 0.15) is 51.2 Å². The van der Waals surface area contributed by atoms with Crippen molar-refractivity contribution in [3.8, 4) is 0 Å². The number of pyridine rings is 1. The van der Waals surface area contributed by atoms with Gasteiger partial charge in [0.15, 0.2) is 0 Å². The highest BCUT2D eigenvalue weighted by atomic mass is 35.5. The van der Waals surface area contributed by atoms with Gasteiger partial charge in [0.1, 0.15) is 29.5 Å². The second-order valence-electron chi connectivity index (χ2n) is 14.3. The number of nitrogens with two attached hydrogens (primary N) is 1. The number of fused-ring (bicyclic) bond motifs is 6. The lowest BCUT2D eigenvalue weighted by atomic mass is 9.78. The first-order valence-electron chi connectivity index (χ1n) is 17.3. The number of benzene rings is 2. The summed E-state index contributed by atoms with van der Waals surface area (Å²) >= 11 is 6.78. The van der Waals surface area contributed by atoms with E-state index in [0.29, 0.717) is 39.4 Å². The van der Waals surface area contributed by atoms with Gasteiger partial charge in [0.2, 0.25) is 5.91 Å². The number of carbonyl (C=O) groups is 3. The van der Waals surface area contributed by atoms with Gasteiger partial charge in [-0.15, -0.1) is 0 Å². The number of nitrogens with one attached hydrogen (secondary N) is 1. The highest BCUT2D eigenvalue weighted by molar-refractivity contribution is 6.34. The van der Waals surface area contributed by atoms with Crippen molar-refractivity contribution in [2.24, 2.45) is 5.92 Å². The average molecular weight is 733 g/mol. The molecule has 2 amide bonds. The molecule has 52 heavy (non-hydrogen) atoms. The van der Waals surface area contributed by atoms with Gasteiger partial charge in [-0.2, -0.15) is 0 Å². The van der Waals surface area contributed by atoms with Crippen LogP contribution in [0.4, 0.5) is 21.9 Å². The molecule has 0 saturated carbocycles. The Kier molecular flexibility index (Phi) is 10.4. The molecule has 0 radical (unpaired) electrons. The maximum atomic E-state index is 14.1. The first kappa shape index (κ1) is 37.3. The Hall–Kier alpha value is -4.49. The average Bonchev–Trinajstić information content (AvgIpc) is 3.80. The fourth-order valence-electron chi connectivity index (χ4n) is 7.46. The monoisotopic (exact) mass is 732 g/mol. The van der Waals surface area contributed by atoms with Crippen molar-refractivity contribution < 1.29 is 38.4 Å². The lowest BCUT2D eigenvalue weighted by molar-refractivity contribution is -0.187. The number of methoxy groups -OCH3 is 1. The molecule has 3 aromatic rings. The van der Waals surface area contributed by atoms with Gasteiger partial charge in [0.05, 0.1) is 40.9 Å². The summed E-state index contributed by atoms with van der Waals surface area (Å²) in [5, 5.41) is 15.7. The van der Waals surface area contributed by atoms with Crippen LogP contribution in [0.2, 0.25) is 5.02 Å². The summed E-state index contributed by atoms with van der Waals surface area (Å²) in [6.07, 6.45) is 3.10. The largest absolute Gasteiger partial charge is 0.462 e. The number of aryl methyl sites for hydroxylation is 1. The van der Waals surface area contributed by atoms with E-state index in [1.165, 1.54) is 12.0 Å². The van der Waals surface area contributed by atoms with Crippen LogP contribution in [0.25, 0.3) is 10.9 Å². The van der Waals surface area contributed by atoms with Crippen molar-refractivity contribution in [1.82, 2.24) is 4.98 Å². The minimum absolute atomic E-state index is 0.0793. The molecule has 2 saturated heterocycles. The number of anilines is 3. The summed E-state index contributed by atoms with van der Waals surface area (Å²) in [4.78, 5) is 46.5. The van der Waals surface area contributed by atoms with Crippen molar-refractivity contribution in [3.05, 3.63) is 82.5 Å². The number of nitrogen functional groups attached to an aromatic ring is 1. The summed E-state index contributed by atoms with van der Waals surface area (Å²) in [6, 6.07) is 10.7. The van der Waals surface area contributed by atoms with Gasteiger partial charge in [-0.3, -0.25) is 19.9 Å². The number of halogens is 1. The number of amides is 2. The van der Waals surface area contributed by atoms with Crippen molar-refractivity contribution >= 4 is 57.5 Å². The molecule has 2 fully saturated rings. The van der Waals surface area contributed by atoms with Crippen LogP contribution in [0.5, 0.6) is 0 Å². The zero-order chi connectivity index (χ0) is 37.5. The van der Waals surface area contributed by atoms with E-state index in [0.717, 1.165) is 16.7 Å². The molecule has 4 bridgehead atoms. The number of rotatable bonds is 3. The predicted molar refractivity (Wildman–Crippen MR) is 198 cm³/mol. The van der Waals surface area contributed by atoms with Crippen molar-refractivity contribution in [2.45, 2.75) is 89.0 Å². The van der Waals surface area contributed by atoms with Gasteiger partial charge in [-0.25, -0.2) is 4.79 Å². The first-order chi connectivity index (χ1) is 24.6. The number of carbonyl (C=O) groups excluding carboxylic acids is 3. The molecule has 4 heterocycles. The van der Waals surface area contributed by atoms with Gasteiger partial charge in [-0.1, -0.05) is 48.4 Å². The topological polar surface area (TPSA) is 166 Å². The fourth-order valence-corrected chi connectivity index (χ4v) is 7.70. The van der Waals surface area contributed by atoms with Crippen LogP contribution in [-0.2, 0) is 35.0 Å². The highest BCUT2D eigenvalue weighted by Crippen LogP contribution is 2.49. The number of allylic oxidation sites excluding steroid dienone is 3. The van der Waals surface area contributed by atoms with Crippen LogP contribution < -0.4 is 16.0 Å². The number of aromatic nitrogens is 1. The molecule has 4 N–H and O–H groups in total.